The van der Waals surface area contributed by atoms with Crippen LogP contribution in [0.25, 0.3) is 142 Å². The van der Waals surface area contributed by atoms with Crippen LogP contribution in [0.5, 0.6) is 0 Å². The molecule has 342 valence electrons. The van der Waals surface area contributed by atoms with Gasteiger partial charge in [-0.15, -0.1) is 11.3 Å². The SMILES string of the molecule is CC1(C)c2ccccc2-c2ccc(-n3c4ccccc4c4cccc(-c5cc(-c6ccc7sc8ccccc8c7c6)cc(-c6cccc7c6c6ccccc6n7-c6ccc7oc8ccccc8c7c6)c5)c43)cc21. The van der Waals surface area contributed by atoms with Crippen molar-refractivity contribution < 1.29 is 4.42 Å². The smallest absolute Gasteiger partial charge is 0.135 e. The third kappa shape index (κ3) is 5.81. The highest BCUT2D eigenvalue weighted by atomic mass is 32.1. The van der Waals surface area contributed by atoms with E-state index >= 15 is 0 Å². The summed E-state index contributed by atoms with van der Waals surface area (Å²) in [5.74, 6) is 0. The van der Waals surface area contributed by atoms with Crippen LogP contribution in [0.15, 0.2) is 235 Å². The molecule has 0 fully saturated rings. The molecule has 0 aliphatic heterocycles. The fourth-order valence-electron chi connectivity index (χ4n) is 12.8. The summed E-state index contributed by atoms with van der Waals surface area (Å²) in [6.45, 7) is 4.75. The van der Waals surface area contributed by atoms with Crippen LogP contribution < -0.4 is 0 Å². The van der Waals surface area contributed by atoms with Gasteiger partial charge in [0, 0.05) is 74.8 Å². The van der Waals surface area contributed by atoms with Crippen LogP contribution in [0.4, 0.5) is 0 Å². The minimum Gasteiger partial charge on any atom is -0.456 e. The van der Waals surface area contributed by atoms with Crippen molar-refractivity contribution >= 4 is 97.1 Å². The molecule has 0 amide bonds. The van der Waals surface area contributed by atoms with E-state index in [0.29, 0.717) is 0 Å². The van der Waals surface area contributed by atoms with Gasteiger partial charge in [0.25, 0.3) is 0 Å². The van der Waals surface area contributed by atoms with Gasteiger partial charge in [0.15, 0.2) is 0 Å². The molecule has 0 atom stereocenters. The monoisotopic (exact) mass is 948 g/mol. The molecule has 16 rings (SSSR count). The molecule has 11 aromatic carbocycles. The molecule has 4 heterocycles. The molecule has 0 saturated heterocycles. The molecule has 73 heavy (non-hydrogen) atoms. The van der Waals surface area contributed by atoms with Crippen LogP contribution in [-0.2, 0) is 5.41 Å². The first-order chi connectivity index (χ1) is 35.9. The number of nitrogens with zero attached hydrogens (tertiary/aromatic N) is 2. The number of thiophene rings is 1. The van der Waals surface area contributed by atoms with Gasteiger partial charge in [0.2, 0.25) is 0 Å². The summed E-state index contributed by atoms with van der Waals surface area (Å²) in [7, 11) is 0. The number of furan rings is 1. The lowest BCUT2D eigenvalue weighted by molar-refractivity contribution is 0.660. The van der Waals surface area contributed by atoms with Gasteiger partial charge in [-0.05, 0) is 141 Å². The molecule has 0 unspecified atom stereocenters. The highest BCUT2D eigenvalue weighted by Crippen LogP contribution is 2.51. The Kier molecular flexibility index (Phi) is 8.39. The molecule has 0 spiro atoms. The quantitative estimate of drug-likeness (QED) is 0.169. The average Bonchev–Trinajstić information content (AvgIpc) is 4.24. The van der Waals surface area contributed by atoms with Crippen molar-refractivity contribution in [1.82, 2.24) is 9.13 Å². The van der Waals surface area contributed by atoms with E-state index in [4.69, 9.17) is 4.42 Å². The van der Waals surface area contributed by atoms with E-state index in [9.17, 15) is 0 Å². The predicted molar refractivity (Wildman–Crippen MR) is 309 cm³/mol. The zero-order valence-corrected chi connectivity index (χ0v) is 41.0. The standard InChI is InChI=1S/C69H44N2OS/c1-69(2)58-23-8-3-15-49(58)50-32-30-46(40-59(50)69)71-60-24-9-4-16-51(60)54-22-13-21-48(68(54)71)44-36-42(41-29-34-66-57(38-41)53-18-7-12-28-65(53)73-66)35-43(37-44)47-20-14-26-62-67(47)55-19-5-10-25-61(55)70(62)45-31-33-64-56(39-45)52-17-6-11-27-63(52)72-64/h3-40H,1-2H3. The number of benzene rings is 11. The summed E-state index contributed by atoms with van der Waals surface area (Å²) in [4.78, 5) is 0. The molecule has 0 bridgehead atoms. The molecule has 0 N–H and O–H groups in total. The van der Waals surface area contributed by atoms with Crippen molar-refractivity contribution in [3.05, 3.63) is 242 Å². The minimum atomic E-state index is -0.133. The molecule has 4 heteroatoms. The van der Waals surface area contributed by atoms with Gasteiger partial charge in [-0.25, -0.2) is 0 Å². The van der Waals surface area contributed by atoms with Crippen molar-refractivity contribution in [2.45, 2.75) is 19.3 Å². The summed E-state index contributed by atoms with van der Waals surface area (Å²) in [5, 5.41) is 9.76. The number of para-hydroxylation sites is 4. The first-order valence-electron chi connectivity index (χ1n) is 25.2. The van der Waals surface area contributed by atoms with E-state index in [1.807, 2.05) is 17.4 Å². The molecular formula is C69H44N2OS. The third-order valence-corrected chi connectivity index (χ3v) is 17.3. The Morgan fingerprint density at radius 1 is 0.342 bits per heavy atom. The maximum absolute atomic E-state index is 6.32. The van der Waals surface area contributed by atoms with Gasteiger partial charge in [-0.3, -0.25) is 0 Å². The Labute approximate surface area is 425 Å². The van der Waals surface area contributed by atoms with E-state index in [0.717, 1.165) is 38.7 Å². The number of rotatable bonds is 5. The fraction of sp³-hybridized carbons (Fsp3) is 0.0435. The highest BCUT2D eigenvalue weighted by Gasteiger charge is 2.35. The third-order valence-electron chi connectivity index (χ3n) is 16.1. The van der Waals surface area contributed by atoms with Crippen molar-refractivity contribution in [3.63, 3.8) is 0 Å². The van der Waals surface area contributed by atoms with E-state index in [1.165, 1.54) is 114 Å². The molecule has 4 aromatic heterocycles. The summed E-state index contributed by atoms with van der Waals surface area (Å²) < 4.78 is 13.9. The summed E-state index contributed by atoms with van der Waals surface area (Å²) in [6, 6.07) is 85.8. The minimum absolute atomic E-state index is 0.133. The van der Waals surface area contributed by atoms with Gasteiger partial charge in [-0.2, -0.15) is 0 Å². The van der Waals surface area contributed by atoms with Gasteiger partial charge in [0.1, 0.15) is 11.2 Å². The van der Waals surface area contributed by atoms with Gasteiger partial charge < -0.3 is 13.6 Å². The second kappa shape index (κ2) is 15.0. The van der Waals surface area contributed by atoms with E-state index in [1.54, 1.807) is 0 Å². The predicted octanol–water partition coefficient (Wildman–Crippen LogP) is 19.5. The molecule has 0 saturated carbocycles. The fourth-order valence-corrected chi connectivity index (χ4v) is 13.8. The van der Waals surface area contributed by atoms with E-state index in [2.05, 4.69) is 247 Å². The van der Waals surface area contributed by atoms with Crippen molar-refractivity contribution in [2.24, 2.45) is 0 Å². The molecule has 3 nitrogen and oxygen atoms in total. The summed E-state index contributed by atoms with van der Waals surface area (Å²) in [6.07, 6.45) is 0. The molecular weight excluding hydrogens is 905 g/mol. The number of fused-ring (bicyclic) bond motifs is 15. The Bertz CT molecular complexity index is 4840. The summed E-state index contributed by atoms with van der Waals surface area (Å²) >= 11 is 1.87. The molecule has 0 radical (unpaired) electrons. The topological polar surface area (TPSA) is 23.0 Å². The van der Waals surface area contributed by atoms with Gasteiger partial charge in [0.05, 0.1) is 22.1 Å². The van der Waals surface area contributed by atoms with Crippen molar-refractivity contribution in [2.75, 3.05) is 0 Å². The lowest BCUT2D eigenvalue weighted by Gasteiger charge is -2.22. The van der Waals surface area contributed by atoms with Gasteiger partial charge in [-0.1, -0.05) is 153 Å². The number of hydrogen-bond acceptors (Lipinski definition) is 2. The largest absolute Gasteiger partial charge is 0.456 e. The maximum Gasteiger partial charge on any atom is 0.135 e. The molecule has 15 aromatic rings. The number of aromatic nitrogens is 2. The highest BCUT2D eigenvalue weighted by molar-refractivity contribution is 7.25. The number of hydrogen-bond donors (Lipinski definition) is 0. The normalized spacial score (nSPS) is 13.2. The van der Waals surface area contributed by atoms with Crippen LogP contribution in [0.2, 0.25) is 0 Å². The zero-order valence-electron chi connectivity index (χ0n) is 40.2. The lowest BCUT2D eigenvalue weighted by atomic mass is 9.82. The Hall–Kier alpha value is -8.96. The van der Waals surface area contributed by atoms with Crippen LogP contribution in [0.1, 0.15) is 25.0 Å². The zero-order chi connectivity index (χ0) is 48.1. The summed E-state index contributed by atoms with van der Waals surface area (Å²) in [5.41, 5.74) is 21.2. The molecule has 1 aliphatic rings. The van der Waals surface area contributed by atoms with Crippen LogP contribution >= 0.6 is 11.3 Å². The first-order valence-corrected chi connectivity index (χ1v) is 26.0. The van der Waals surface area contributed by atoms with E-state index in [-0.39, 0.29) is 5.41 Å². The van der Waals surface area contributed by atoms with Crippen molar-refractivity contribution in [1.29, 1.82) is 0 Å². The van der Waals surface area contributed by atoms with Gasteiger partial charge >= 0.3 is 0 Å². The van der Waals surface area contributed by atoms with Crippen molar-refractivity contribution in [3.8, 4) is 55.9 Å². The second-order valence-corrected chi connectivity index (χ2v) is 21.5. The maximum atomic E-state index is 6.32. The van der Waals surface area contributed by atoms with E-state index < -0.39 is 0 Å². The Balaban J connectivity index is 0.963. The first kappa shape index (κ1) is 40.7. The Morgan fingerprint density at radius 2 is 0.945 bits per heavy atom. The Morgan fingerprint density at radius 3 is 1.84 bits per heavy atom. The van der Waals surface area contributed by atoms with Crippen LogP contribution in [0, 0.1) is 0 Å². The average molecular weight is 949 g/mol. The molecule has 1 aliphatic carbocycles. The van der Waals surface area contributed by atoms with Crippen LogP contribution in [-0.4, -0.2) is 9.13 Å². The lowest BCUT2D eigenvalue weighted by Crippen LogP contribution is -2.15. The van der Waals surface area contributed by atoms with Crippen LogP contribution in [0.3, 0.4) is 0 Å². The second-order valence-electron chi connectivity index (χ2n) is 20.4.